The van der Waals surface area contributed by atoms with Crippen molar-refractivity contribution < 1.29 is 8.78 Å². The van der Waals surface area contributed by atoms with Gasteiger partial charge in [-0.1, -0.05) is 30.3 Å². The second-order valence-corrected chi connectivity index (χ2v) is 6.72. The summed E-state index contributed by atoms with van der Waals surface area (Å²) in [4.78, 5) is 15.3. The number of imidazole rings is 1. The van der Waals surface area contributed by atoms with Crippen molar-refractivity contribution in [3.63, 3.8) is 0 Å². The minimum atomic E-state index is -2.47. The van der Waals surface area contributed by atoms with Crippen LogP contribution in [-0.4, -0.2) is 26.4 Å². The van der Waals surface area contributed by atoms with Gasteiger partial charge in [0, 0.05) is 30.6 Å². The Morgan fingerprint density at radius 1 is 0.964 bits per heavy atom. The van der Waals surface area contributed by atoms with Gasteiger partial charge in [-0.3, -0.25) is 9.38 Å². The summed E-state index contributed by atoms with van der Waals surface area (Å²) < 4.78 is 27.5. The van der Waals surface area contributed by atoms with E-state index in [0.29, 0.717) is 12.2 Å². The van der Waals surface area contributed by atoms with Crippen LogP contribution in [-0.2, 0) is 6.54 Å². The van der Waals surface area contributed by atoms with Gasteiger partial charge in [0.05, 0.1) is 30.3 Å². The van der Waals surface area contributed by atoms with Crippen LogP contribution in [0.5, 0.6) is 0 Å². The quantitative estimate of drug-likeness (QED) is 0.505. The molecule has 3 heterocycles. The predicted molar refractivity (Wildman–Crippen MR) is 104 cm³/mol. The molecule has 0 fully saturated rings. The van der Waals surface area contributed by atoms with Crippen LogP contribution in [0.3, 0.4) is 0 Å². The number of benzene rings is 1. The summed E-state index contributed by atoms with van der Waals surface area (Å²) in [6, 6.07) is 10.3. The van der Waals surface area contributed by atoms with Crippen LogP contribution in [0.4, 0.5) is 14.6 Å². The van der Waals surface area contributed by atoms with Crippen molar-refractivity contribution in [3.05, 3.63) is 78.0 Å². The fourth-order valence-corrected chi connectivity index (χ4v) is 3.03. The van der Waals surface area contributed by atoms with Gasteiger partial charge in [-0.2, -0.15) is 0 Å². The van der Waals surface area contributed by atoms with E-state index in [2.05, 4.69) is 15.0 Å². The second-order valence-electron chi connectivity index (χ2n) is 6.72. The summed E-state index contributed by atoms with van der Waals surface area (Å²) in [6.45, 7) is 2.58. The van der Waals surface area contributed by atoms with Gasteiger partial charge in [0.2, 0.25) is 0 Å². The molecule has 0 radical (unpaired) electrons. The highest BCUT2D eigenvalue weighted by Crippen LogP contribution is 2.25. The number of aryl methyl sites for hydroxylation is 1. The molecule has 0 spiro atoms. The smallest absolute Gasteiger partial charge is 0.263 e. The largest absolute Gasteiger partial charge is 0.354 e. The van der Waals surface area contributed by atoms with Crippen molar-refractivity contribution >= 4 is 11.5 Å². The van der Waals surface area contributed by atoms with E-state index in [1.807, 2.05) is 47.8 Å². The van der Waals surface area contributed by atoms with Crippen LogP contribution >= 0.6 is 0 Å². The third kappa shape index (κ3) is 3.55. The van der Waals surface area contributed by atoms with Crippen LogP contribution in [0.2, 0.25) is 0 Å². The molecule has 1 aromatic carbocycles. The number of hydrogen-bond donors (Lipinski definition) is 0. The van der Waals surface area contributed by atoms with Crippen LogP contribution in [0.1, 0.15) is 23.2 Å². The monoisotopic (exact) mass is 379 g/mol. The highest BCUT2D eigenvalue weighted by Gasteiger charge is 2.11. The molecule has 0 aliphatic rings. The molecule has 0 unspecified atom stereocenters. The maximum atomic E-state index is 12.8. The number of alkyl halides is 2. The van der Waals surface area contributed by atoms with Crippen LogP contribution in [0.15, 0.2) is 61.2 Å². The van der Waals surface area contributed by atoms with E-state index >= 15 is 0 Å². The van der Waals surface area contributed by atoms with Crippen LogP contribution < -0.4 is 4.90 Å². The number of pyridine rings is 1. The molecule has 5 nitrogen and oxygen atoms in total. The lowest BCUT2D eigenvalue weighted by molar-refractivity contribution is 0.151. The summed E-state index contributed by atoms with van der Waals surface area (Å²) in [5, 5.41) is 0. The SMILES string of the molecule is Cc1ccc(N(C)Cc2cn3c(-c4ccc(C(F)F)cc4)cnc3cn2)nc1. The Bertz CT molecular complexity index is 1090. The Balaban J connectivity index is 1.63. The minimum absolute atomic E-state index is 0.00662. The average Bonchev–Trinajstić information content (AvgIpc) is 3.11. The Labute approximate surface area is 161 Å². The zero-order valence-electron chi connectivity index (χ0n) is 15.5. The van der Waals surface area contributed by atoms with Gasteiger partial charge in [0.1, 0.15) is 5.82 Å². The standard InChI is InChI=1S/C21H19F2N5/c1-14-3-8-19(25-9-14)27(2)12-17-13-28-18(10-26-20(28)11-24-17)15-4-6-16(7-5-15)21(22)23/h3-11,13,21H,12H2,1-2H3. The third-order valence-electron chi connectivity index (χ3n) is 4.59. The first-order chi connectivity index (χ1) is 13.5. The Kier molecular flexibility index (Phi) is 4.73. The van der Waals surface area contributed by atoms with Crippen molar-refractivity contribution in [2.45, 2.75) is 19.9 Å². The van der Waals surface area contributed by atoms with Gasteiger partial charge < -0.3 is 4.90 Å². The number of fused-ring (bicyclic) bond motifs is 1. The Morgan fingerprint density at radius 2 is 1.75 bits per heavy atom. The predicted octanol–water partition coefficient (Wildman–Crippen LogP) is 4.67. The van der Waals surface area contributed by atoms with E-state index in [-0.39, 0.29) is 5.56 Å². The number of hydrogen-bond acceptors (Lipinski definition) is 4. The molecule has 0 amide bonds. The van der Waals surface area contributed by atoms with E-state index in [9.17, 15) is 8.78 Å². The van der Waals surface area contributed by atoms with E-state index < -0.39 is 6.43 Å². The van der Waals surface area contributed by atoms with Gasteiger partial charge in [-0.05, 0) is 18.6 Å². The summed E-state index contributed by atoms with van der Waals surface area (Å²) in [5.41, 5.74) is 4.32. The fraction of sp³-hybridized carbons (Fsp3) is 0.190. The fourth-order valence-electron chi connectivity index (χ4n) is 3.03. The van der Waals surface area contributed by atoms with Crippen molar-refractivity contribution in [2.75, 3.05) is 11.9 Å². The summed E-state index contributed by atoms with van der Waals surface area (Å²) >= 11 is 0. The van der Waals surface area contributed by atoms with Crippen molar-refractivity contribution in [3.8, 4) is 11.3 Å². The molecule has 4 aromatic rings. The molecule has 3 aromatic heterocycles. The number of halogens is 2. The van der Waals surface area contributed by atoms with Gasteiger partial charge in [0.15, 0.2) is 5.65 Å². The molecule has 0 aliphatic carbocycles. The summed E-state index contributed by atoms with van der Waals surface area (Å²) in [5.74, 6) is 0.862. The first-order valence-electron chi connectivity index (χ1n) is 8.85. The Hall–Kier alpha value is -3.35. The molecule has 28 heavy (non-hydrogen) atoms. The number of rotatable bonds is 5. The minimum Gasteiger partial charge on any atom is -0.354 e. The van der Waals surface area contributed by atoms with E-state index in [4.69, 9.17) is 0 Å². The average molecular weight is 379 g/mol. The van der Waals surface area contributed by atoms with E-state index in [1.54, 1.807) is 24.5 Å². The lowest BCUT2D eigenvalue weighted by Gasteiger charge is -2.18. The molecule has 4 rings (SSSR count). The van der Waals surface area contributed by atoms with Gasteiger partial charge in [-0.25, -0.2) is 18.7 Å². The molecule has 0 bridgehead atoms. The van der Waals surface area contributed by atoms with Gasteiger partial charge >= 0.3 is 0 Å². The molecule has 0 N–H and O–H groups in total. The second kappa shape index (κ2) is 7.34. The highest BCUT2D eigenvalue weighted by molar-refractivity contribution is 5.63. The molecule has 7 heteroatoms. The van der Waals surface area contributed by atoms with Gasteiger partial charge in [-0.15, -0.1) is 0 Å². The maximum Gasteiger partial charge on any atom is 0.263 e. The first-order valence-corrected chi connectivity index (χ1v) is 8.85. The number of aromatic nitrogens is 4. The lowest BCUT2D eigenvalue weighted by Crippen LogP contribution is -2.18. The third-order valence-corrected chi connectivity index (χ3v) is 4.59. The van der Waals surface area contributed by atoms with E-state index in [0.717, 1.165) is 28.3 Å². The molecule has 142 valence electrons. The van der Waals surface area contributed by atoms with Crippen molar-refractivity contribution in [2.24, 2.45) is 0 Å². The topological polar surface area (TPSA) is 46.3 Å². The van der Waals surface area contributed by atoms with Crippen LogP contribution in [0, 0.1) is 6.92 Å². The zero-order chi connectivity index (χ0) is 19.7. The number of nitrogens with zero attached hydrogens (tertiary/aromatic N) is 5. The summed E-state index contributed by atoms with van der Waals surface area (Å²) in [6.07, 6.45) is 4.72. The molecule has 0 atom stereocenters. The molecule has 0 aliphatic heterocycles. The lowest BCUT2D eigenvalue weighted by atomic mass is 10.1. The number of anilines is 1. The van der Waals surface area contributed by atoms with Crippen molar-refractivity contribution in [1.82, 2.24) is 19.4 Å². The normalized spacial score (nSPS) is 11.3. The Morgan fingerprint density at radius 3 is 2.43 bits per heavy atom. The molecule has 0 saturated carbocycles. The van der Waals surface area contributed by atoms with Crippen molar-refractivity contribution in [1.29, 1.82) is 0 Å². The zero-order valence-corrected chi connectivity index (χ0v) is 15.5. The molecular formula is C21H19F2N5. The van der Waals surface area contributed by atoms with Crippen LogP contribution in [0.25, 0.3) is 16.9 Å². The first kappa shape index (κ1) is 18.0. The maximum absolute atomic E-state index is 12.8. The van der Waals surface area contributed by atoms with Gasteiger partial charge in [0.25, 0.3) is 6.43 Å². The van der Waals surface area contributed by atoms with E-state index in [1.165, 1.54) is 12.1 Å². The molecule has 0 saturated heterocycles. The highest BCUT2D eigenvalue weighted by atomic mass is 19.3. The summed E-state index contributed by atoms with van der Waals surface area (Å²) in [7, 11) is 1.96. The molecular weight excluding hydrogens is 360 g/mol.